The van der Waals surface area contributed by atoms with Gasteiger partial charge in [-0.05, 0) is 49.2 Å². The third-order valence-corrected chi connectivity index (χ3v) is 6.92. The minimum atomic E-state index is -0.0525. The molecule has 1 fully saturated rings. The summed E-state index contributed by atoms with van der Waals surface area (Å²) in [4.78, 5) is 21.6. The molecule has 1 aromatic heterocycles. The zero-order valence-electron chi connectivity index (χ0n) is 17.5. The average Bonchev–Trinajstić information content (AvgIpc) is 3.18. The fourth-order valence-electron chi connectivity index (χ4n) is 3.74. The molecule has 0 saturated carbocycles. The molecular formula is C23H24Cl2N4OS. The molecule has 0 atom stereocenters. The lowest BCUT2D eigenvalue weighted by Crippen LogP contribution is -2.48. The number of rotatable bonds is 5. The highest BCUT2D eigenvalue weighted by molar-refractivity contribution is 7.14. The smallest absolute Gasteiger partial charge is 0.240 e. The van der Waals surface area contributed by atoms with Crippen molar-refractivity contribution in [1.29, 1.82) is 0 Å². The van der Waals surface area contributed by atoms with E-state index in [-0.39, 0.29) is 5.91 Å². The van der Waals surface area contributed by atoms with Gasteiger partial charge in [0.05, 0.1) is 17.3 Å². The molecule has 5 nitrogen and oxygen atoms in total. The molecule has 3 aromatic rings. The Morgan fingerprint density at radius 3 is 2.65 bits per heavy atom. The van der Waals surface area contributed by atoms with Crippen molar-refractivity contribution in [2.24, 2.45) is 0 Å². The summed E-state index contributed by atoms with van der Waals surface area (Å²) in [6.07, 6.45) is 0. The summed E-state index contributed by atoms with van der Waals surface area (Å²) in [6.45, 7) is 8.20. The van der Waals surface area contributed by atoms with Crippen LogP contribution >= 0.6 is 34.5 Å². The van der Waals surface area contributed by atoms with Gasteiger partial charge in [-0.3, -0.25) is 9.69 Å². The van der Waals surface area contributed by atoms with E-state index in [2.05, 4.69) is 52.1 Å². The Balaban J connectivity index is 1.31. The molecule has 0 bridgehead atoms. The number of nitrogens with one attached hydrogen (secondary N) is 1. The van der Waals surface area contributed by atoms with Crippen molar-refractivity contribution in [3.63, 3.8) is 0 Å². The molecule has 162 valence electrons. The molecule has 4 rings (SSSR count). The fourth-order valence-corrected chi connectivity index (χ4v) is 4.97. The van der Waals surface area contributed by atoms with Gasteiger partial charge in [0.2, 0.25) is 5.91 Å². The number of benzene rings is 2. The van der Waals surface area contributed by atoms with Crippen LogP contribution in [0.2, 0.25) is 10.0 Å². The minimum Gasteiger partial charge on any atom is -0.369 e. The van der Waals surface area contributed by atoms with Gasteiger partial charge in [-0.1, -0.05) is 35.3 Å². The average molecular weight is 475 g/mol. The zero-order chi connectivity index (χ0) is 22.0. The van der Waals surface area contributed by atoms with E-state index in [1.165, 1.54) is 28.2 Å². The van der Waals surface area contributed by atoms with Crippen LogP contribution in [0.3, 0.4) is 0 Å². The maximum absolute atomic E-state index is 12.5. The molecule has 8 heteroatoms. The predicted octanol–water partition coefficient (Wildman–Crippen LogP) is 5.49. The number of thiazole rings is 1. The van der Waals surface area contributed by atoms with Crippen LogP contribution in [0, 0.1) is 13.8 Å². The lowest BCUT2D eigenvalue weighted by molar-refractivity contribution is -0.117. The number of nitrogens with zero attached hydrogens (tertiary/aromatic N) is 3. The van der Waals surface area contributed by atoms with E-state index >= 15 is 0 Å². The van der Waals surface area contributed by atoms with Crippen LogP contribution in [0.25, 0.3) is 11.3 Å². The second-order valence-electron chi connectivity index (χ2n) is 7.69. The number of aryl methyl sites for hydroxylation is 1. The Morgan fingerprint density at radius 2 is 1.90 bits per heavy atom. The highest BCUT2D eigenvalue weighted by Crippen LogP contribution is 2.32. The Morgan fingerprint density at radius 1 is 1.13 bits per heavy atom. The van der Waals surface area contributed by atoms with Gasteiger partial charge < -0.3 is 10.2 Å². The van der Waals surface area contributed by atoms with Gasteiger partial charge in [0.25, 0.3) is 0 Å². The fraction of sp³-hybridized carbons (Fsp3) is 0.304. The number of piperazine rings is 1. The molecule has 1 N–H and O–H groups in total. The van der Waals surface area contributed by atoms with Gasteiger partial charge in [0.15, 0.2) is 5.13 Å². The molecule has 1 saturated heterocycles. The van der Waals surface area contributed by atoms with Crippen molar-refractivity contribution in [1.82, 2.24) is 9.88 Å². The van der Waals surface area contributed by atoms with E-state index in [0.717, 1.165) is 37.4 Å². The molecule has 31 heavy (non-hydrogen) atoms. The second-order valence-corrected chi connectivity index (χ2v) is 9.39. The standard InChI is InChI=1S/C23H24Cl2N4OS/c1-15-4-3-5-21(16(15)2)29-10-8-28(9-11-29)13-22(30)27-23-26-20(14-31-23)18-7-6-17(24)12-19(18)25/h3-7,12,14H,8-11,13H2,1-2H3,(H,26,27,30). The van der Waals surface area contributed by atoms with Crippen molar-refractivity contribution in [3.8, 4) is 11.3 Å². The monoisotopic (exact) mass is 474 g/mol. The SMILES string of the molecule is Cc1cccc(N2CCN(CC(=O)Nc3nc(-c4ccc(Cl)cc4Cl)cs3)CC2)c1C. The van der Waals surface area contributed by atoms with Crippen molar-refractivity contribution in [3.05, 3.63) is 63.0 Å². The number of carbonyl (C=O) groups is 1. The highest BCUT2D eigenvalue weighted by Gasteiger charge is 2.21. The van der Waals surface area contributed by atoms with Crippen LogP contribution in [0.15, 0.2) is 41.8 Å². The lowest BCUT2D eigenvalue weighted by Gasteiger charge is -2.36. The Labute approximate surface area is 196 Å². The largest absolute Gasteiger partial charge is 0.369 e. The first-order valence-electron chi connectivity index (χ1n) is 10.1. The van der Waals surface area contributed by atoms with Crippen molar-refractivity contribution < 1.29 is 4.79 Å². The van der Waals surface area contributed by atoms with E-state index in [1.807, 2.05) is 11.4 Å². The number of carbonyl (C=O) groups excluding carboxylic acids is 1. The number of hydrogen-bond acceptors (Lipinski definition) is 5. The summed E-state index contributed by atoms with van der Waals surface area (Å²) >= 11 is 13.6. The van der Waals surface area contributed by atoms with Crippen LogP contribution in [0.4, 0.5) is 10.8 Å². The summed E-state index contributed by atoms with van der Waals surface area (Å²) in [5.41, 5.74) is 5.45. The van der Waals surface area contributed by atoms with Crippen LogP contribution in [-0.4, -0.2) is 48.5 Å². The topological polar surface area (TPSA) is 48.5 Å². The van der Waals surface area contributed by atoms with Crippen LogP contribution in [-0.2, 0) is 4.79 Å². The Bertz CT molecular complexity index is 1090. The number of halogens is 2. The molecule has 0 unspecified atom stereocenters. The Hall–Kier alpha value is -2.12. The molecule has 0 radical (unpaired) electrons. The quantitative estimate of drug-likeness (QED) is 0.530. The van der Waals surface area contributed by atoms with Gasteiger partial charge in [-0.15, -0.1) is 11.3 Å². The van der Waals surface area contributed by atoms with Crippen LogP contribution < -0.4 is 10.2 Å². The lowest BCUT2D eigenvalue weighted by atomic mass is 10.1. The van der Waals surface area contributed by atoms with E-state index in [1.54, 1.807) is 12.1 Å². The molecule has 2 aromatic carbocycles. The molecular weight excluding hydrogens is 451 g/mol. The molecule has 0 aliphatic carbocycles. The van der Waals surface area contributed by atoms with Gasteiger partial charge in [-0.2, -0.15) is 0 Å². The molecule has 1 aliphatic rings. The molecule has 0 spiro atoms. The van der Waals surface area contributed by atoms with Crippen molar-refractivity contribution >= 4 is 51.3 Å². The summed E-state index contributed by atoms with van der Waals surface area (Å²) in [5.74, 6) is -0.0525. The summed E-state index contributed by atoms with van der Waals surface area (Å²) in [7, 11) is 0. The number of aromatic nitrogens is 1. The summed E-state index contributed by atoms with van der Waals surface area (Å²) in [6, 6.07) is 11.7. The van der Waals surface area contributed by atoms with Crippen LogP contribution in [0.1, 0.15) is 11.1 Å². The van der Waals surface area contributed by atoms with Crippen molar-refractivity contribution in [2.75, 3.05) is 42.9 Å². The van der Waals surface area contributed by atoms with Gasteiger partial charge in [0, 0.05) is 47.8 Å². The normalized spacial score (nSPS) is 14.6. The van der Waals surface area contributed by atoms with Gasteiger partial charge >= 0.3 is 0 Å². The van der Waals surface area contributed by atoms with Crippen LogP contribution in [0.5, 0.6) is 0 Å². The van der Waals surface area contributed by atoms with Gasteiger partial charge in [-0.25, -0.2) is 4.98 Å². The minimum absolute atomic E-state index is 0.0525. The zero-order valence-corrected chi connectivity index (χ0v) is 19.8. The second kappa shape index (κ2) is 9.57. The first-order valence-corrected chi connectivity index (χ1v) is 11.8. The number of amides is 1. The van der Waals surface area contributed by atoms with E-state index < -0.39 is 0 Å². The molecule has 1 aliphatic heterocycles. The summed E-state index contributed by atoms with van der Waals surface area (Å²) < 4.78 is 0. The van der Waals surface area contributed by atoms with Gasteiger partial charge in [0.1, 0.15) is 0 Å². The summed E-state index contributed by atoms with van der Waals surface area (Å²) in [5, 5.41) is 6.48. The maximum Gasteiger partial charge on any atom is 0.240 e. The van der Waals surface area contributed by atoms with E-state index in [0.29, 0.717) is 21.7 Å². The Kier molecular flexibility index (Phi) is 6.82. The first kappa shape index (κ1) is 22.1. The molecule has 2 heterocycles. The third-order valence-electron chi connectivity index (χ3n) is 5.61. The number of anilines is 2. The third kappa shape index (κ3) is 5.21. The van der Waals surface area contributed by atoms with Crippen molar-refractivity contribution in [2.45, 2.75) is 13.8 Å². The predicted molar refractivity (Wildman–Crippen MR) is 131 cm³/mol. The maximum atomic E-state index is 12.5. The van der Waals surface area contributed by atoms with E-state index in [4.69, 9.17) is 23.2 Å². The number of hydrogen-bond donors (Lipinski definition) is 1. The highest BCUT2D eigenvalue weighted by atomic mass is 35.5. The van der Waals surface area contributed by atoms with E-state index in [9.17, 15) is 4.79 Å². The molecule has 1 amide bonds. The first-order chi connectivity index (χ1) is 14.9.